The molecule has 0 bridgehead atoms. The molecule has 0 aromatic heterocycles. The molecule has 5 heteroatoms. The first-order valence-electron chi connectivity index (χ1n) is 19.6. The molecule has 0 N–H and O–H groups in total. The van der Waals surface area contributed by atoms with Crippen LogP contribution < -0.4 is 0 Å². The van der Waals surface area contributed by atoms with Gasteiger partial charge >= 0.3 is 28.4 Å². The van der Waals surface area contributed by atoms with Crippen molar-refractivity contribution in [2.45, 2.75) is 114 Å². The van der Waals surface area contributed by atoms with E-state index >= 15 is 0 Å². The number of fused-ring (bicyclic) bond motifs is 5. The monoisotopic (exact) mass is 896 g/mol. The van der Waals surface area contributed by atoms with E-state index in [4.69, 9.17) is 0 Å². The first-order valence-corrected chi connectivity index (χ1v) is 21.3. The fourth-order valence-electron chi connectivity index (χ4n) is 7.60. The van der Waals surface area contributed by atoms with Crippen LogP contribution in [0.5, 0.6) is 0 Å². The molecule has 0 heterocycles. The van der Waals surface area contributed by atoms with Crippen molar-refractivity contribution in [2.24, 2.45) is 16.2 Å². The van der Waals surface area contributed by atoms with Crippen LogP contribution in [0.15, 0.2) is 96.6 Å². The van der Waals surface area contributed by atoms with Gasteiger partial charge in [0.1, 0.15) is 0 Å². The quantitative estimate of drug-likeness (QED) is 0.136. The summed E-state index contributed by atoms with van der Waals surface area (Å²) in [5.74, 6) is -0.419. The molecule has 0 radical (unpaired) electrons. The zero-order chi connectivity index (χ0) is 41.9. The third-order valence-corrected chi connectivity index (χ3v) is 10.5. The van der Waals surface area contributed by atoms with Gasteiger partial charge in [-0.05, 0) is 62.3 Å². The molecule has 0 saturated heterocycles. The van der Waals surface area contributed by atoms with Gasteiger partial charge in [0.15, 0.2) is 0 Å². The van der Waals surface area contributed by atoms with Crippen molar-refractivity contribution in [3.05, 3.63) is 166 Å². The van der Waals surface area contributed by atoms with E-state index in [1.807, 2.05) is 0 Å². The van der Waals surface area contributed by atoms with Crippen LogP contribution in [0.25, 0.3) is 22.3 Å². The number of rotatable bonds is 0. The Labute approximate surface area is 377 Å². The maximum atomic E-state index is 11.9. The average Bonchev–Trinajstić information content (AvgIpc) is 3.89. The predicted molar refractivity (Wildman–Crippen MR) is 246 cm³/mol. The van der Waals surface area contributed by atoms with Gasteiger partial charge in [0.05, 0.1) is 0 Å². The third kappa shape index (κ3) is 12.3. The molecule has 58 heavy (non-hydrogen) atoms. The van der Waals surface area contributed by atoms with Gasteiger partial charge in [-0.3, -0.25) is 12.2 Å². The Hall–Kier alpha value is -2.97. The third-order valence-electron chi connectivity index (χ3n) is 10.5. The van der Waals surface area contributed by atoms with Crippen LogP contribution in [0.4, 0.5) is 8.78 Å². The summed E-state index contributed by atoms with van der Waals surface area (Å²) in [4.78, 5) is 0. The van der Waals surface area contributed by atoms with Gasteiger partial charge in [0, 0.05) is 17.0 Å². The fourth-order valence-corrected chi connectivity index (χ4v) is 7.60. The molecule has 0 spiro atoms. The summed E-state index contributed by atoms with van der Waals surface area (Å²) in [5, 5.41) is 0. The summed E-state index contributed by atoms with van der Waals surface area (Å²) in [5.41, 5.74) is 16.6. The number of allylic oxidation sites excluding steroid dienone is 8. The molecular formula is C53H62Cl2F2Zr-4. The molecule has 0 fully saturated rings. The first kappa shape index (κ1) is 51.2. The van der Waals surface area contributed by atoms with Crippen molar-refractivity contribution in [3.63, 3.8) is 0 Å². The van der Waals surface area contributed by atoms with E-state index in [1.54, 1.807) is 0 Å². The predicted octanol–water partition coefficient (Wildman–Crippen LogP) is 15.3. The van der Waals surface area contributed by atoms with Gasteiger partial charge in [-0.1, -0.05) is 119 Å². The van der Waals surface area contributed by atoms with Crippen LogP contribution in [0.3, 0.4) is 0 Å². The topological polar surface area (TPSA) is 0 Å². The Morgan fingerprint density at radius 2 is 1.09 bits per heavy atom. The molecule has 0 atom stereocenters. The van der Waals surface area contributed by atoms with Gasteiger partial charge in [-0.15, -0.1) is 67.1 Å². The molecule has 4 aromatic rings. The molecule has 4 aromatic carbocycles. The summed E-state index contributed by atoms with van der Waals surface area (Å²) < 4.78 is 27.1. The first-order chi connectivity index (χ1) is 26.0. The molecule has 0 saturated carbocycles. The minimum absolute atomic E-state index is 0. The maximum absolute atomic E-state index is 11.9. The van der Waals surface area contributed by atoms with Crippen molar-refractivity contribution in [1.82, 2.24) is 0 Å². The van der Waals surface area contributed by atoms with E-state index < -0.39 is 0 Å². The van der Waals surface area contributed by atoms with Crippen molar-refractivity contribution < 1.29 is 33.0 Å². The Kier molecular flexibility index (Phi) is 17.7. The van der Waals surface area contributed by atoms with Crippen LogP contribution in [-0.2, 0) is 41.5 Å². The molecule has 4 aliphatic carbocycles. The SMILES string of the molecule is CC(C)(C)C1=CC[C-]=C1.CC(C)(C)C1=[C-]C(C)(C)c2cc3c(cc21)-c1cc2c(cc1C3)C(C)(C)C=C2C(C)(C)C.Cl.Cl.Fc1cc[c-]cc1.Fc1cc[c-]cc1.[CH2]=[Zr]. The van der Waals surface area contributed by atoms with Crippen molar-refractivity contribution in [1.29, 1.82) is 0 Å². The Morgan fingerprint density at radius 3 is 1.45 bits per heavy atom. The molecule has 0 amide bonds. The van der Waals surface area contributed by atoms with Crippen LogP contribution in [-0.4, -0.2) is 4.21 Å². The van der Waals surface area contributed by atoms with Crippen LogP contribution in [0.1, 0.15) is 130 Å². The van der Waals surface area contributed by atoms with Crippen LogP contribution >= 0.6 is 24.8 Å². The van der Waals surface area contributed by atoms with E-state index in [9.17, 15) is 8.78 Å². The molecular weight excluding hydrogens is 837 g/mol. The van der Waals surface area contributed by atoms with Crippen molar-refractivity contribution >= 4 is 40.2 Å². The van der Waals surface area contributed by atoms with Gasteiger partial charge in [0.25, 0.3) is 0 Å². The number of halogens is 4. The number of benzene rings is 4. The summed E-state index contributed by atoms with van der Waals surface area (Å²) in [6.07, 6.45) is 15.9. The second-order valence-electron chi connectivity index (χ2n) is 19.1. The minimum atomic E-state index is -0.209. The van der Waals surface area contributed by atoms with Gasteiger partial charge < -0.3 is 0 Å². The normalized spacial score (nSPS) is 15.7. The van der Waals surface area contributed by atoms with Crippen molar-refractivity contribution in [2.75, 3.05) is 0 Å². The molecule has 8 rings (SSSR count). The zero-order valence-electron chi connectivity index (χ0n) is 36.9. The number of hydrogen-bond acceptors (Lipinski definition) is 0. The van der Waals surface area contributed by atoms with Gasteiger partial charge in [-0.25, -0.2) is 20.4 Å². The summed E-state index contributed by atoms with van der Waals surface area (Å²) in [7, 11) is 0. The van der Waals surface area contributed by atoms with Crippen LogP contribution in [0, 0.1) is 52.2 Å². The second kappa shape index (κ2) is 20.1. The molecule has 0 aliphatic heterocycles. The van der Waals surface area contributed by atoms with Gasteiger partial charge in [-0.2, -0.15) is 53.6 Å². The summed E-state index contributed by atoms with van der Waals surface area (Å²) in [6.45, 7) is 30.0. The molecule has 0 nitrogen and oxygen atoms in total. The van der Waals surface area contributed by atoms with Crippen molar-refractivity contribution in [3.8, 4) is 11.1 Å². The van der Waals surface area contributed by atoms with E-state index in [0.717, 1.165) is 12.8 Å². The van der Waals surface area contributed by atoms with Gasteiger partial charge in [0.2, 0.25) is 0 Å². The number of hydrogen-bond donors (Lipinski definition) is 0. The molecule has 0 unspecified atom stereocenters. The summed E-state index contributed by atoms with van der Waals surface area (Å²) in [6, 6.07) is 27.0. The Morgan fingerprint density at radius 1 is 0.621 bits per heavy atom. The molecule has 4 aliphatic rings. The zero-order valence-corrected chi connectivity index (χ0v) is 40.9. The van der Waals surface area contributed by atoms with E-state index in [2.05, 4.69) is 161 Å². The van der Waals surface area contributed by atoms with E-state index in [-0.39, 0.29) is 58.1 Å². The second-order valence-corrected chi connectivity index (χ2v) is 19.1. The Bertz CT molecular complexity index is 2000. The standard InChI is InChI=1S/C31H37.C9H13.2C6H4F.CH2.2ClH.Zr/c1-28(2,3)26-16-30(7,8)24-12-18-11-19-13-25-23(15-21(19)20(18)14-22(24)26)27(29(4,5)6)17-31(25,9)10;1-9(2,3)8-6-4-5-7-8;2*7-6-4-2-1-3-5-6;;;;/h12-16H,11H2,1-10H3;6-7H,4H2,1-3H3;2*2-5H;1H2;2*1H;/q4*-1;;;;. The summed E-state index contributed by atoms with van der Waals surface area (Å²) >= 11 is 1.30. The van der Waals surface area contributed by atoms with E-state index in [1.165, 1.54) is 134 Å². The fraction of sp³-hybridized carbons (Fsp3) is 0.377. The average molecular weight is 899 g/mol. The van der Waals surface area contributed by atoms with Crippen LogP contribution in [0.2, 0.25) is 0 Å². The molecule has 310 valence electrons. The van der Waals surface area contributed by atoms with E-state index in [0.29, 0.717) is 5.41 Å². The Balaban J connectivity index is 0.000000349.